The van der Waals surface area contributed by atoms with Crippen LogP contribution in [0.5, 0.6) is 0 Å². The molecule has 0 atom stereocenters. The van der Waals surface area contributed by atoms with E-state index in [4.69, 9.17) is 0 Å². The van der Waals surface area contributed by atoms with Crippen LogP contribution < -0.4 is 10.2 Å². The van der Waals surface area contributed by atoms with Crippen LogP contribution in [0.25, 0.3) is 0 Å². The third kappa shape index (κ3) is 3.76. The van der Waals surface area contributed by atoms with E-state index in [9.17, 15) is 14.4 Å². The lowest BCUT2D eigenvalue weighted by Crippen LogP contribution is -2.33. The minimum absolute atomic E-state index is 0.0582. The molecule has 1 aliphatic heterocycles. The number of carbonyl (C=O) groups excluding carboxylic acids is 3. The predicted molar refractivity (Wildman–Crippen MR) is 110 cm³/mol. The van der Waals surface area contributed by atoms with Crippen molar-refractivity contribution in [1.29, 1.82) is 0 Å². The van der Waals surface area contributed by atoms with Gasteiger partial charge in [-0.3, -0.25) is 19.3 Å². The number of fused-ring (bicyclic) bond motifs is 1. The number of imide groups is 1. The normalized spacial score (nSPS) is 12.9. The Morgan fingerprint density at radius 3 is 2.14 bits per heavy atom. The second-order valence-electron chi connectivity index (χ2n) is 6.78. The largest absolute Gasteiger partial charge is 0.372 e. The van der Waals surface area contributed by atoms with Gasteiger partial charge in [0.05, 0.1) is 11.1 Å². The van der Waals surface area contributed by atoms with Gasteiger partial charge >= 0.3 is 0 Å². The van der Waals surface area contributed by atoms with Crippen LogP contribution in [0.1, 0.15) is 46.5 Å². The van der Waals surface area contributed by atoms with E-state index in [2.05, 4.69) is 24.1 Å². The second kappa shape index (κ2) is 8.25. The average Bonchev–Trinajstić information content (AvgIpc) is 2.94. The zero-order valence-corrected chi connectivity index (χ0v) is 16.5. The number of hydrogen-bond acceptors (Lipinski definition) is 4. The van der Waals surface area contributed by atoms with E-state index in [-0.39, 0.29) is 30.7 Å². The van der Waals surface area contributed by atoms with Crippen molar-refractivity contribution in [2.45, 2.75) is 27.2 Å². The van der Waals surface area contributed by atoms with E-state index < -0.39 is 0 Å². The fourth-order valence-corrected chi connectivity index (χ4v) is 3.44. The van der Waals surface area contributed by atoms with Crippen LogP contribution in [0, 0.1) is 6.92 Å². The smallest absolute Gasteiger partial charge is 0.261 e. The number of aryl methyl sites for hydroxylation is 1. The highest BCUT2D eigenvalue weighted by Crippen LogP contribution is 2.24. The molecule has 28 heavy (non-hydrogen) atoms. The molecule has 0 saturated carbocycles. The molecular formula is C22H25N3O3. The van der Waals surface area contributed by atoms with Crippen molar-refractivity contribution in [3.63, 3.8) is 0 Å². The van der Waals surface area contributed by atoms with Gasteiger partial charge in [0.1, 0.15) is 0 Å². The lowest BCUT2D eigenvalue weighted by Gasteiger charge is -2.22. The van der Waals surface area contributed by atoms with Crippen LogP contribution >= 0.6 is 0 Å². The van der Waals surface area contributed by atoms with Crippen molar-refractivity contribution in [3.05, 3.63) is 59.2 Å². The minimum atomic E-state index is -0.340. The van der Waals surface area contributed by atoms with Crippen LogP contribution in [-0.4, -0.2) is 42.3 Å². The summed E-state index contributed by atoms with van der Waals surface area (Å²) < 4.78 is 0. The van der Waals surface area contributed by atoms with Gasteiger partial charge in [-0.25, -0.2) is 0 Å². The molecule has 6 nitrogen and oxygen atoms in total. The molecule has 3 amide bonds. The topological polar surface area (TPSA) is 69.7 Å². The van der Waals surface area contributed by atoms with Crippen molar-refractivity contribution >= 4 is 29.1 Å². The van der Waals surface area contributed by atoms with E-state index in [1.54, 1.807) is 24.3 Å². The molecule has 0 fully saturated rings. The third-order valence-electron chi connectivity index (χ3n) is 5.05. The summed E-state index contributed by atoms with van der Waals surface area (Å²) in [6, 6.07) is 12.7. The van der Waals surface area contributed by atoms with Crippen LogP contribution in [0.15, 0.2) is 42.5 Å². The Morgan fingerprint density at radius 2 is 1.61 bits per heavy atom. The molecule has 0 aromatic heterocycles. The molecule has 6 heteroatoms. The van der Waals surface area contributed by atoms with Gasteiger partial charge < -0.3 is 10.2 Å². The number of amides is 3. The summed E-state index contributed by atoms with van der Waals surface area (Å²) in [6.07, 6.45) is 0.0582. The molecule has 3 rings (SSSR count). The van der Waals surface area contributed by atoms with Crippen molar-refractivity contribution in [2.75, 3.05) is 29.9 Å². The van der Waals surface area contributed by atoms with Gasteiger partial charge in [0.15, 0.2) is 0 Å². The quantitative estimate of drug-likeness (QED) is 0.748. The number of anilines is 2. The van der Waals surface area contributed by atoms with Crippen LogP contribution in [0.3, 0.4) is 0 Å². The maximum atomic E-state index is 12.4. The molecular weight excluding hydrogens is 354 g/mol. The molecule has 146 valence electrons. The van der Waals surface area contributed by atoms with Gasteiger partial charge in [0.2, 0.25) is 5.91 Å². The van der Waals surface area contributed by atoms with Gasteiger partial charge in [-0.15, -0.1) is 0 Å². The molecule has 0 aliphatic carbocycles. The molecule has 2 aromatic carbocycles. The predicted octanol–water partition coefficient (Wildman–Crippen LogP) is 3.47. The first-order valence-corrected chi connectivity index (χ1v) is 9.57. The summed E-state index contributed by atoms with van der Waals surface area (Å²) in [4.78, 5) is 40.5. The fourth-order valence-electron chi connectivity index (χ4n) is 3.44. The zero-order chi connectivity index (χ0) is 20.3. The molecule has 0 saturated heterocycles. The first-order valence-electron chi connectivity index (χ1n) is 9.57. The Balaban J connectivity index is 1.61. The number of nitrogens with zero attached hydrogens (tertiary/aromatic N) is 2. The average molecular weight is 379 g/mol. The number of hydrogen-bond donors (Lipinski definition) is 1. The van der Waals surface area contributed by atoms with Gasteiger partial charge in [-0.05, 0) is 56.7 Å². The highest BCUT2D eigenvalue weighted by Gasteiger charge is 2.34. The van der Waals surface area contributed by atoms with E-state index in [0.717, 1.165) is 34.9 Å². The summed E-state index contributed by atoms with van der Waals surface area (Å²) in [5.74, 6) is -0.906. The Morgan fingerprint density at radius 1 is 1.00 bits per heavy atom. The fraction of sp³-hybridized carbons (Fsp3) is 0.318. The van der Waals surface area contributed by atoms with E-state index in [1.165, 1.54) is 0 Å². The molecule has 2 aromatic rings. The van der Waals surface area contributed by atoms with Gasteiger partial charge in [0.25, 0.3) is 11.8 Å². The molecule has 1 N–H and O–H groups in total. The minimum Gasteiger partial charge on any atom is -0.372 e. The maximum absolute atomic E-state index is 12.4. The van der Waals surface area contributed by atoms with E-state index in [1.807, 2.05) is 25.1 Å². The maximum Gasteiger partial charge on any atom is 0.261 e. The molecule has 0 unspecified atom stereocenters. The Labute approximate surface area is 165 Å². The lowest BCUT2D eigenvalue weighted by atomic mass is 10.1. The van der Waals surface area contributed by atoms with Gasteiger partial charge in [-0.1, -0.05) is 12.1 Å². The first kappa shape index (κ1) is 19.6. The highest BCUT2D eigenvalue weighted by atomic mass is 16.2. The van der Waals surface area contributed by atoms with Crippen LogP contribution in [0.2, 0.25) is 0 Å². The Bertz CT molecular complexity index is 884. The summed E-state index contributed by atoms with van der Waals surface area (Å²) in [5.41, 5.74) is 3.62. The third-order valence-corrected chi connectivity index (χ3v) is 5.05. The standard InChI is InChI=1S/C22H25N3O3/c1-4-24(5-2)16-10-11-19(15(3)14-16)23-20(26)12-13-25-21(27)17-8-6-7-9-18(17)22(25)28/h6-11,14H,4-5,12-13H2,1-3H3,(H,23,26). The van der Waals surface area contributed by atoms with Crippen molar-refractivity contribution in [2.24, 2.45) is 0 Å². The number of rotatable bonds is 7. The molecule has 1 aliphatic rings. The molecule has 0 spiro atoms. The van der Waals surface area contributed by atoms with Gasteiger partial charge in [0, 0.05) is 37.4 Å². The Kier molecular flexibility index (Phi) is 5.78. The van der Waals surface area contributed by atoms with Gasteiger partial charge in [-0.2, -0.15) is 0 Å². The number of benzene rings is 2. The first-order chi connectivity index (χ1) is 13.5. The monoisotopic (exact) mass is 379 g/mol. The summed E-state index contributed by atoms with van der Waals surface area (Å²) in [5, 5.41) is 2.88. The molecule has 1 heterocycles. The van der Waals surface area contributed by atoms with E-state index in [0.29, 0.717) is 11.1 Å². The van der Waals surface area contributed by atoms with E-state index >= 15 is 0 Å². The van der Waals surface area contributed by atoms with Crippen molar-refractivity contribution in [1.82, 2.24) is 4.90 Å². The summed E-state index contributed by atoms with van der Waals surface area (Å²) in [7, 11) is 0. The van der Waals surface area contributed by atoms with Crippen molar-refractivity contribution < 1.29 is 14.4 Å². The van der Waals surface area contributed by atoms with Crippen molar-refractivity contribution in [3.8, 4) is 0 Å². The van der Waals surface area contributed by atoms with Crippen LogP contribution in [0.4, 0.5) is 11.4 Å². The van der Waals surface area contributed by atoms with Crippen LogP contribution in [-0.2, 0) is 4.79 Å². The highest BCUT2D eigenvalue weighted by molar-refractivity contribution is 6.21. The molecule has 0 radical (unpaired) electrons. The summed E-state index contributed by atoms with van der Waals surface area (Å²) in [6.45, 7) is 8.06. The number of nitrogens with one attached hydrogen (secondary N) is 1. The lowest BCUT2D eigenvalue weighted by molar-refractivity contribution is -0.116. The number of carbonyl (C=O) groups is 3. The SMILES string of the molecule is CCN(CC)c1ccc(NC(=O)CCN2C(=O)c3ccccc3C2=O)c(C)c1. The second-order valence-corrected chi connectivity index (χ2v) is 6.78. The molecule has 0 bridgehead atoms. The summed E-state index contributed by atoms with van der Waals surface area (Å²) >= 11 is 0. The zero-order valence-electron chi connectivity index (χ0n) is 16.5. The Hall–Kier alpha value is -3.15.